The highest BCUT2D eigenvalue weighted by Gasteiger charge is 2.17. The van der Waals surface area contributed by atoms with Crippen molar-refractivity contribution < 1.29 is 9.53 Å². The zero-order valence-corrected chi connectivity index (χ0v) is 17.4. The number of nitrogen functional groups attached to an aromatic ring is 1. The molecule has 158 valence electrons. The number of hydrogen-bond acceptors (Lipinski definition) is 7. The van der Waals surface area contributed by atoms with Gasteiger partial charge in [0.2, 0.25) is 5.88 Å². The van der Waals surface area contributed by atoms with Crippen LogP contribution in [0, 0.1) is 6.92 Å². The van der Waals surface area contributed by atoms with Crippen LogP contribution in [-0.2, 0) is 6.54 Å². The fourth-order valence-electron chi connectivity index (χ4n) is 3.31. The van der Waals surface area contributed by atoms with Crippen molar-refractivity contribution >= 4 is 34.3 Å². The van der Waals surface area contributed by atoms with Crippen LogP contribution in [0.15, 0.2) is 48.8 Å². The van der Waals surface area contributed by atoms with Gasteiger partial charge in [-0.05, 0) is 25.1 Å². The molecule has 10 heteroatoms. The standard InChI is InChI=1S/C21H22N8O2/c1-13-20-15(26-21(30)28(2)18-10-17(22)23-12-24-18)7-5-8-16(20)29(27-13)11-14-6-4-9-19(25-14)31-3/h4-10,12H,11H2,1-3H3,(H,26,30)(H2,22,23,24). The Labute approximate surface area is 178 Å². The molecule has 3 heterocycles. The molecule has 1 aromatic carbocycles. The molecule has 4 rings (SSSR count). The monoisotopic (exact) mass is 418 g/mol. The second kappa shape index (κ2) is 8.27. The van der Waals surface area contributed by atoms with Crippen molar-refractivity contribution in [3.63, 3.8) is 0 Å². The first-order chi connectivity index (χ1) is 15.0. The molecule has 2 amide bonds. The number of carbonyl (C=O) groups is 1. The molecule has 0 spiro atoms. The number of nitrogens with two attached hydrogens (primary N) is 1. The van der Waals surface area contributed by atoms with Crippen LogP contribution in [0.5, 0.6) is 5.88 Å². The zero-order valence-electron chi connectivity index (χ0n) is 17.4. The number of nitrogens with zero attached hydrogens (tertiary/aromatic N) is 6. The number of methoxy groups -OCH3 is 1. The van der Waals surface area contributed by atoms with E-state index in [1.165, 1.54) is 17.3 Å². The predicted molar refractivity (Wildman–Crippen MR) is 118 cm³/mol. The first-order valence-electron chi connectivity index (χ1n) is 9.54. The molecule has 3 N–H and O–H groups in total. The number of ether oxygens (including phenoxy) is 1. The molecular weight excluding hydrogens is 396 g/mol. The molecule has 0 radical (unpaired) electrons. The van der Waals surface area contributed by atoms with E-state index in [9.17, 15) is 4.79 Å². The predicted octanol–water partition coefficient (Wildman–Crippen LogP) is 2.84. The number of amides is 2. The molecule has 0 aliphatic heterocycles. The van der Waals surface area contributed by atoms with Gasteiger partial charge in [0, 0.05) is 24.6 Å². The Morgan fingerprint density at radius 3 is 2.81 bits per heavy atom. The van der Waals surface area contributed by atoms with Crippen molar-refractivity contribution in [1.82, 2.24) is 24.7 Å². The SMILES string of the molecule is COc1cccc(Cn2nc(C)c3c(NC(=O)N(C)c4cc(N)ncn4)cccc32)n1. The fraction of sp³-hybridized carbons (Fsp3) is 0.190. The number of nitrogens with one attached hydrogen (secondary N) is 1. The molecule has 0 aliphatic carbocycles. The van der Waals surface area contributed by atoms with Crippen molar-refractivity contribution in [2.45, 2.75) is 13.5 Å². The Hall–Kier alpha value is -4.21. The fourth-order valence-corrected chi connectivity index (χ4v) is 3.31. The number of hydrogen-bond donors (Lipinski definition) is 2. The minimum Gasteiger partial charge on any atom is -0.481 e. The second-order valence-electron chi connectivity index (χ2n) is 6.90. The van der Waals surface area contributed by atoms with E-state index in [1.54, 1.807) is 20.2 Å². The van der Waals surface area contributed by atoms with E-state index in [0.29, 0.717) is 23.9 Å². The van der Waals surface area contributed by atoms with Crippen molar-refractivity contribution in [1.29, 1.82) is 0 Å². The van der Waals surface area contributed by atoms with Crippen LogP contribution in [0.2, 0.25) is 0 Å². The number of urea groups is 1. The van der Waals surface area contributed by atoms with E-state index < -0.39 is 0 Å². The van der Waals surface area contributed by atoms with Crippen LogP contribution in [0.3, 0.4) is 0 Å². The summed E-state index contributed by atoms with van der Waals surface area (Å²) in [5.41, 5.74) is 8.84. The number of rotatable bonds is 5. The topological polar surface area (TPSA) is 124 Å². The highest BCUT2D eigenvalue weighted by atomic mass is 16.5. The third-order valence-electron chi connectivity index (χ3n) is 4.82. The lowest BCUT2D eigenvalue weighted by Crippen LogP contribution is -2.32. The lowest BCUT2D eigenvalue weighted by molar-refractivity contribution is 0.258. The van der Waals surface area contributed by atoms with Gasteiger partial charge in [0.25, 0.3) is 0 Å². The summed E-state index contributed by atoms with van der Waals surface area (Å²) in [5.74, 6) is 1.23. The van der Waals surface area contributed by atoms with Gasteiger partial charge in [-0.25, -0.2) is 19.7 Å². The van der Waals surface area contributed by atoms with E-state index in [0.717, 1.165) is 22.3 Å². The van der Waals surface area contributed by atoms with Crippen LogP contribution < -0.4 is 20.7 Å². The van der Waals surface area contributed by atoms with Gasteiger partial charge in [-0.3, -0.25) is 9.58 Å². The molecule has 0 fully saturated rings. The quantitative estimate of drug-likeness (QED) is 0.511. The number of carbonyl (C=O) groups excluding carboxylic acids is 1. The summed E-state index contributed by atoms with van der Waals surface area (Å²) in [5, 5.41) is 8.45. The summed E-state index contributed by atoms with van der Waals surface area (Å²) in [7, 11) is 3.20. The van der Waals surface area contributed by atoms with Gasteiger partial charge in [-0.2, -0.15) is 5.10 Å². The molecule has 4 aromatic rings. The van der Waals surface area contributed by atoms with Gasteiger partial charge >= 0.3 is 6.03 Å². The highest BCUT2D eigenvalue weighted by molar-refractivity contribution is 6.07. The van der Waals surface area contributed by atoms with Gasteiger partial charge in [0.15, 0.2) is 0 Å². The van der Waals surface area contributed by atoms with Crippen LogP contribution in [0.4, 0.5) is 22.1 Å². The molecule has 0 bridgehead atoms. The molecule has 0 saturated carbocycles. The highest BCUT2D eigenvalue weighted by Crippen LogP contribution is 2.28. The van der Waals surface area contributed by atoms with Crippen molar-refractivity contribution in [3.05, 3.63) is 60.2 Å². The maximum Gasteiger partial charge on any atom is 0.327 e. The van der Waals surface area contributed by atoms with E-state index in [-0.39, 0.29) is 11.8 Å². The Balaban J connectivity index is 1.63. The molecular formula is C21H22N8O2. The Morgan fingerprint density at radius 2 is 2.03 bits per heavy atom. The molecule has 0 atom stereocenters. The van der Waals surface area contributed by atoms with Gasteiger partial charge < -0.3 is 15.8 Å². The average molecular weight is 418 g/mol. The van der Waals surface area contributed by atoms with Crippen LogP contribution in [0.25, 0.3) is 10.9 Å². The smallest absolute Gasteiger partial charge is 0.327 e. The summed E-state index contributed by atoms with van der Waals surface area (Å²) >= 11 is 0. The first kappa shape index (κ1) is 20.1. The first-order valence-corrected chi connectivity index (χ1v) is 9.54. The molecule has 31 heavy (non-hydrogen) atoms. The molecule has 3 aromatic heterocycles. The minimum atomic E-state index is -0.354. The lowest BCUT2D eigenvalue weighted by Gasteiger charge is -2.17. The normalized spacial score (nSPS) is 10.8. The molecule has 10 nitrogen and oxygen atoms in total. The summed E-state index contributed by atoms with van der Waals surface area (Å²) in [6, 6.07) is 12.5. The van der Waals surface area contributed by atoms with E-state index >= 15 is 0 Å². The number of aromatic nitrogens is 5. The van der Waals surface area contributed by atoms with E-state index in [4.69, 9.17) is 10.5 Å². The van der Waals surface area contributed by atoms with Crippen LogP contribution in [-0.4, -0.2) is 44.9 Å². The Bertz CT molecular complexity index is 1250. The Kier molecular flexibility index (Phi) is 5.35. The largest absolute Gasteiger partial charge is 0.481 e. The summed E-state index contributed by atoms with van der Waals surface area (Å²) in [6.45, 7) is 2.38. The third-order valence-corrected chi connectivity index (χ3v) is 4.82. The van der Waals surface area contributed by atoms with Gasteiger partial charge in [-0.15, -0.1) is 0 Å². The lowest BCUT2D eigenvalue weighted by atomic mass is 10.1. The van der Waals surface area contributed by atoms with Crippen LogP contribution >= 0.6 is 0 Å². The second-order valence-corrected chi connectivity index (χ2v) is 6.90. The molecule has 0 saturated heterocycles. The van der Waals surface area contributed by atoms with E-state index in [2.05, 4.69) is 25.4 Å². The zero-order chi connectivity index (χ0) is 22.0. The van der Waals surface area contributed by atoms with Crippen LogP contribution in [0.1, 0.15) is 11.4 Å². The maximum absolute atomic E-state index is 12.8. The number of anilines is 3. The summed E-state index contributed by atoms with van der Waals surface area (Å²) in [4.78, 5) is 26.6. The summed E-state index contributed by atoms with van der Waals surface area (Å²) < 4.78 is 7.06. The van der Waals surface area contributed by atoms with Crippen molar-refractivity contribution in [3.8, 4) is 5.88 Å². The van der Waals surface area contributed by atoms with Gasteiger partial charge in [0.1, 0.15) is 18.0 Å². The third kappa shape index (κ3) is 4.08. The maximum atomic E-state index is 12.8. The van der Waals surface area contributed by atoms with Crippen molar-refractivity contribution in [2.75, 3.05) is 30.1 Å². The average Bonchev–Trinajstić information content (AvgIpc) is 3.09. The number of benzene rings is 1. The Morgan fingerprint density at radius 1 is 1.23 bits per heavy atom. The van der Waals surface area contributed by atoms with Gasteiger partial charge in [-0.1, -0.05) is 12.1 Å². The molecule has 0 unspecified atom stereocenters. The number of fused-ring (bicyclic) bond motifs is 1. The minimum absolute atomic E-state index is 0.287. The van der Waals surface area contributed by atoms with E-state index in [1.807, 2.05) is 41.9 Å². The number of aryl methyl sites for hydroxylation is 1. The number of pyridine rings is 1. The van der Waals surface area contributed by atoms with Crippen molar-refractivity contribution in [2.24, 2.45) is 0 Å². The molecule has 0 aliphatic rings. The summed E-state index contributed by atoms with van der Waals surface area (Å²) in [6.07, 6.45) is 1.32. The van der Waals surface area contributed by atoms with Gasteiger partial charge in [0.05, 0.1) is 36.2 Å².